The topological polar surface area (TPSA) is 16.1 Å². The predicted octanol–water partition coefficient (Wildman–Crippen LogP) is 3.92. The second-order valence-electron chi connectivity index (χ2n) is 4.87. The molecule has 0 aliphatic heterocycles. The molecular weight excluding hydrogens is 276 g/mol. The number of aromatic nitrogens is 1. The minimum Gasteiger partial charge on any atom is -0.353 e. The summed E-state index contributed by atoms with van der Waals surface area (Å²) in [4.78, 5) is 7.03. The first-order valence-electron chi connectivity index (χ1n) is 6.56. The average Bonchev–Trinajstić information content (AvgIpc) is 2.37. The van der Waals surface area contributed by atoms with Crippen molar-refractivity contribution < 1.29 is 0 Å². The number of anilines is 1. The molecular formula is C14H21BrN2. The van der Waals surface area contributed by atoms with E-state index in [9.17, 15) is 0 Å². The molecule has 1 fully saturated rings. The monoisotopic (exact) mass is 296 g/mol. The van der Waals surface area contributed by atoms with Gasteiger partial charge in [0.05, 0.1) is 0 Å². The molecule has 17 heavy (non-hydrogen) atoms. The molecule has 1 heterocycles. The summed E-state index contributed by atoms with van der Waals surface area (Å²) in [6.07, 6.45) is 8.71. The first-order valence-corrected chi connectivity index (χ1v) is 7.68. The first-order chi connectivity index (χ1) is 8.31. The van der Waals surface area contributed by atoms with Gasteiger partial charge < -0.3 is 4.90 Å². The van der Waals surface area contributed by atoms with Crippen LogP contribution in [0.1, 0.15) is 37.7 Å². The number of hydrogen-bond acceptors (Lipinski definition) is 2. The smallest absolute Gasteiger partial charge is 0.129 e. The van der Waals surface area contributed by atoms with Crippen molar-refractivity contribution in [3.8, 4) is 0 Å². The van der Waals surface area contributed by atoms with Gasteiger partial charge in [-0.15, -0.1) is 0 Å². The molecule has 0 aromatic carbocycles. The summed E-state index contributed by atoms with van der Waals surface area (Å²) >= 11 is 3.56. The molecule has 0 N–H and O–H groups in total. The Hall–Kier alpha value is -0.570. The Kier molecular flexibility index (Phi) is 4.84. The van der Waals surface area contributed by atoms with Crippen LogP contribution in [0.15, 0.2) is 18.3 Å². The van der Waals surface area contributed by atoms with Crippen molar-refractivity contribution in [1.29, 1.82) is 0 Å². The van der Waals surface area contributed by atoms with Crippen LogP contribution in [0, 0.1) is 6.92 Å². The molecule has 94 valence electrons. The maximum absolute atomic E-state index is 4.54. The highest BCUT2D eigenvalue weighted by atomic mass is 79.9. The van der Waals surface area contributed by atoms with Crippen LogP contribution in [-0.2, 0) is 0 Å². The maximum Gasteiger partial charge on any atom is 0.129 e. The molecule has 0 unspecified atom stereocenters. The third kappa shape index (κ3) is 3.44. The highest BCUT2D eigenvalue weighted by Crippen LogP contribution is 2.26. The molecule has 1 saturated carbocycles. The zero-order valence-electron chi connectivity index (χ0n) is 10.5. The molecule has 0 atom stereocenters. The van der Waals surface area contributed by atoms with Gasteiger partial charge in [0.1, 0.15) is 5.82 Å². The van der Waals surface area contributed by atoms with Gasteiger partial charge in [-0.05, 0) is 37.5 Å². The van der Waals surface area contributed by atoms with Gasteiger partial charge in [-0.25, -0.2) is 4.98 Å². The summed E-state index contributed by atoms with van der Waals surface area (Å²) in [5.41, 5.74) is 1.30. The van der Waals surface area contributed by atoms with E-state index in [1.165, 1.54) is 37.7 Å². The summed E-state index contributed by atoms with van der Waals surface area (Å²) in [7, 11) is 0. The molecule has 0 spiro atoms. The van der Waals surface area contributed by atoms with Crippen LogP contribution in [0.3, 0.4) is 0 Å². The SMILES string of the molecule is Cc1ccnc(N(CCBr)C2CCCCC2)c1. The third-order valence-corrected chi connectivity index (χ3v) is 3.89. The molecule has 1 aromatic heterocycles. The van der Waals surface area contributed by atoms with Gasteiger partial charge in [-0.3, -0.25) is 0 Å². The number of aryl methyl sites for hydroxylation is 1. The Morgan fingerprint density at radius 1 is 1.35 bits per heavy atom. The predicted molar refractivity (Wildman–Crippen MR) is 77.0 cm³/mol. The number of halogens is 1. The normalized spacial score (nSPS) is 17.1. The van der Waals surface area contributed by atoms with Crippen LogP contribution in [0.2, 0.25) is 0 Å². The van der Waals surface area contributed by atoms with E-state index in [4.69, 9.17) is 0 Å². The highest BCUT2D eigenvalue weighted by molar-refractivity contribution is 9.09. The van der Waals surface area contributed by atoms with Crippen LogP contribution in [0.5, 0.6) is 0 Å². The fourth-order valence-corrected chi connectivity index (χ4v) is 3.03. The Morgan fingerprint density at radius 2 is 2.12 bits per heavy atom. The maximum atomic E-state index is 4.54. The van der Waals surface area contributed by atoms with Gasteiger partial charge >= 0.3 is 0 Å². The zero-order valence-corrected chi connectivity index (χ0v) is 12.1. The average molecular weight is 297 g/mol. The van der Waals surface area contributed by atoms with Crippen molar-refractivity contribution >= 4 is 21.7 Å². The largest absolute Gasteiger partial charge is 0.353 e. The van der Waals surface area contributed by atoms with Crippen LogP contribution >= 0.6 is 15.9 Å². The lowest BCUT2D eigenvalue weighted by Gasteiger charge is -2.35. The Balaban J connectivity index is 2.15. The van der Waals surface area contributed by atoms with Crippen molar-refractivity contribution in [3.63, 3.8) is 0 Å². The zero-order chi connectivity index (χ0) is 12.1. The minimum absolute atomic E-state index is 0.690. The summed E-state index contributed by atoms with van der Waals surface area (Å²) in [6, 6.07) is 4.96. The third-order valence-electron chi connectivity index (χ3n) is 3.54. The van der Waals surface area contributed by atoms with E-state index in [1.54, 1.807) is 0 Å². The van der Waals surface area contributed by atoms with E-state index >= 15 is 0 Å². The standard InChI is InChI=1S/C14H21BrN2/c1-12-7-9-16-14(11-12)17(10-8-15)13-5-3-2-4-6-13/h7,9,11,13H,2-6,8,10H2,1H3. The molecule has 2 rings (SSSR count). The molecule has 1 aliphatic carbocycles. The Morgan fingerprint density at radius 3 is 2.76 bits per heavy atom. The van der Waals surface area contributed by atoms with Gasteiger partial charge in [-0.2, -0.15) is 0 Å². The van der Waals surface area contributed by atoms with E-state index in [0.29, 0.717) is 6.04 Å². The second kappa shape index (κ2) is 6.39. The number of alkyl halides is 1. The Bertz CT molecular complexity index is 348. The number of pyridine rings is 1. The fourth-order valence-electron chi connectivity index (χ4n) is 2.65. The molecule has 3 heteroatoms. The molecule has 0 bridgehead atoms. The van der Waals surface area contributed by atoms with Gasteiger partial charge in [-0.1, -0.05) is 35.2 Å². The van der Waals surface area contributed by atoms with Gasteiger partial charge in [0.15, 0.2) is 0 Å². The van der Waals surface area contributed by atoms with Crippen molar-refractivity contribution in [1.82, 2.24) is 4.98 Å². The lowest BCUT2D eigenvalue weighted by atomic mass is 9.94. The summed E-state index contributed by atoms with van der Waals surface area (Å²) in [5, 5.41) is 1.01. The number of hydrogen-bond donors (Lipinski definition) is 0. The molecule has 1 aliphatic rings. The van der Waals surface area contributed by atoms with Crippen molar-refractivity contribution in [2.24, 2.45) is 0 Å². The first kappa shape index (κ1) is 12.9. The molecule has 2 nitrogen and oxygen atoms in total. The van der Waals surface area contributed by atoms with Gasteiger partial charge in [0.25, 0.3) is 0 Å². The van der Waals surface area contributed by atoms with Crippen LogP contribution < -0.4 is 4.90 Å². The van der Waals surface area contributed by atoms with Crippen LogP contribution in [0.25, 0.3) is 0 Å². The summed E-state index contributed by atoms with van der Waals surface area (Å²) in [6.45, 7) is 3.19. The molecule has 1 aromatic rings. The second-order valence-corrected chi connectivity index (χ2v) is 5.66. The fraction of sp³-hybridized carbons (Fsp3) is 0.643. The van der Waals surface area contributed by atoms with Gasteiger partial charge in [0.2, 0.25) is 0 Å². The van der Waals surface area contributed by atoms with Crippen molar-refractivity contribution in [2.75, 3.05) is 16.8 Å². The van der Waals surface area contributed by atoms with Crippen LogP contribution in [-0.4, -0.2) is 22.9 Å². The minimum atomic E-state index is 0.690. The molecule has 0 radical (unpaired) electrons. The Labute approximate surface area is 113 Å². The van der Waals surface area contributed by atoms with Crippen LogP contribution in [0.4, 0.5) is 5.82 Å². The van der Waals surface area contributed by atoms with E-state index in [2.05, 4.69) is 44.9 Å². The van der Waals surface area contributed by atoms with Crippen molar-refractivity contribution in [3.05, 3.63) is 23.9 Å². The van der Waals surface area contributed by atoms with E-state index in [1.807, 2.05) is 6.20 Å². The van der Waals surface area contributed by atoms with E-state index in [0.717, 1.165) is 17.7 Å². The van der Waals surface area contributed by atoms with E-state index < -0.39 is 0 Å². The van der Waals surface area contributed by atoms with E-state index in [-0.39, 0.29) is 0 Å². The number of nitrogens with zero attached hydrogens (tertiary/aromatic N) is 2. The van der Waals surface area contributed by atoms with Crippen molar-refractivity contribution in [2.45, 2.75) is 45.1 Å². The lowest BCUT2D eigenvalue weighted by molar-refractivity contribution is 0.417. The summed E-state index contributed by atoms with van der Waals surface area (Å²) < 4.78 is 0. The highest BCUT2D eigenvalue weighted by Gasteiger charge is 2.21. The molecule has 0 amide bonds. The van der Waals surface area contributed by atoms with Gasteiger partial charge in [0, 0.05) is 24.1 Å². The summed E-state index contributed by atoms with van der Waals surface area (Å²) in [5.74, 6) is 1.15. The lowest BCUT2D eigenvalue weighted by Crippen LogP contribution is -2.38. The quantitative estimate of drug-likeness (QED) is 0.783. The number of rotatable bonds is 4. The molecule has 0 saturated heterocycles.